The average Bonchev–Trinajstić information content (AvgIpc) is 2.67. The number of piperidine rings is 1. The molecule has 1 aliphatic rings. The maximum atomic E-state index is 12.1. The van der Waals surface area contributed by atoms with Crippen LogP contribution in [0.4, 0.5) is 0 Å². The van der Waals surface area contributed by atoms with E-state index in [0.717, 1.165) is 38.0 Å². The van der Waals surface area contributed by atoms with Crippen LogP contribution in [-0.4, -0.2) is 45.7 Å². The molecule has 1 aromatic carbocycles. The van der Waals surface area contributed by atoms with Crippen molar-refractivity contribution in [3.05, 3.63) is 51.3 Å². The van der Waals surface area contributed by atoms with E-state index in [1.807, 2.05) is 19.1 Å². The second-order valence-electron chi connectivity index (χ2n) is 7.02. The number of aromatic amines is 1. The molecule has 1 aliphatic heterocycles. The zero-order valence-electron chi connectivity index (χ0n) is 15.8. The lowest BCUT2D eigenvalue weighted by molar-refractivity contribution is 0.0691. The summed E-state index contributed by atoms with van der Waals surface area (Å²) >= 11 is 0. The lowest BCUT2D eigenvalue weighted by atomic mass is 9.88. The molecule has 3 N–H and O–H groups in total. The minimum absolute atomic E-state index is 0.412. The molecule has 1 saturated heterocycles. The molecule has 2 heterocycles. The van der Waals surface area contributed by atoms with E-state index in [9.17, 15) is 14.7 Å². The highest BCUT2D eigenvalue weighted by Gasteiger charge is 2.23. The molecule has 0 radical (unpaired) electrons. The third kappa shape index (κ3) is 3.76. The standard InChI is InChI=1S/C21H26N2O4/c1-3-16-18(22-20(25)17(19(16)24)21(26)27)15-7-5-13(6-8-15)14-9-11-23(4-2)12-10-14/h5-8,14H,3-4,9-12H2,1-2H3,(H,26,27)(H2,22,24,25). The summed E-state index contributed by atoms with van der Waals surface area (Å²) in [6.07, 6.45) is 2.69. The summed E-state index contributed by atoms with van der Waals surface area (Å²) in [4.78, 5) is 28.5. The molecule has 1 aromatic heterocycles. The summed E-state index contributed by atoms with van der Waals surface area (Å²) in [5, 5.41) is 19.4. The smallest absolute Gasteiger partial charge is 0.345 e. The van der Waals surface area contributed by atoms with E-state index in [4.69, 9.17) is 5.11 Å². The van der Waals surface area contributed by atoms with Gasteiger partial charge in [-0.2, -0.15) is 0 Å². The molecule has 2 aromatic rings. The number of aromatic nitrogens is 1. The number of likely N-dealkylation sites (tertiary alicyclic amines) is 1. The SMILES string of the molecule is CCc1c(-c2ccc(C3CCN(CC)CC3)cc2)[nH]c(=O)c(C(=O)O)c1O. The van der Waals surface area contributed by atoms with Gasteiger partial charge >= 0.3 is 5.97 Å². The van der Waals surface area contributed by atoms with Crippen LogP contribution < -0.4 is 5.56 Å². The Morgan fingerprint density at radius 2 is 1.81 bits per heavy atom. The van der Waals surface area contributed by atoms with E-state index in [1.165, 1.54) is 5.56 Å². The van der Waals surface area contributed by atoms with Crippen LogP contribution in [0.3, 0.4) is 0 Å². The van der Waals surface area contributed by atoms with Gasteiger partial charge < -0.3 is 20.1 Å². The van der Waals surface area contributed by atoms with Crippen LogP contribution >= 0.6 is 0 Å². The van der Waals surface area contributed by atoms with Crippen LogP contribution in [0, 0.1) is 0 Å². The summed E-state index contributed by atoms with van der Waals surface area (Å²) < 4.78 is 0. The number of carboxylic acids is 1. The Hall–Kier alpha value is -2.60. The number of rotatable bonds is 5. The van der Waals surface area contributed by atoms with Gasteiger partial charge in [0.2, 0.25) is 0 Å². The van der Waals surface area contributed by atoms with Gasteiger partial charge in [0.25, 0.3) is 5.56 Å². The number of carboxylic acid groups (broad SMARTS) is 1. The second-order valence-corrected chi connectivity index (χ2v) is 7.02. The molecule has 0 bridgehead atoms. The Morgan fingerprint density at radius 1 is 1.19 bits per heavy atom. The molecular formula is C21H26N2O4. The van der Waals surface area contributed by atoms with Gasteiger partial charge in [0.05, 0.1) is 5.69 Å². The van der Waals surface area contributed by atoms with Gasteiger partial charge in [-0.15, -0.1) is 0 Å². The largest absolute Gasteiger partial charge is 0.506 e. The van der Waals surface area contributed by atoms with Gasteiger partial charge in [0, 0.05) is 5.56 Å². The fourth-order valence-corrected chi connectivity index (χ4v) is 3.92. The van der Waals surface area contributed by atoms with Gasteiger partial charge in [0.1, 0.15) is 5.75 Å². The molecule has 144 valence electrons. The maximum Gasteiger partial charge on any atom is 0.345 e. The topological polar surface area (TPSA) is 93.6 Å². The van der Waals surface area contributed by atoms with Crippen molar-refractivity contribution in [1.82, 2.24) is 9.88 Å². The summed E-state index contributed by atoms with van der Waals surface area (Å²) in [5.41, 5.74) is 1.58. The summed E-state index contributed by atoms with van der Waals surface area (Å²) in [7, 11) is 0. The van der Waals surface area contributed by atoms with Gasteiger partial charge in [0.15, 0.2) is 5.56 Å². The molecule has 0 saturated carbocycles. The van der Waals surface area contributed by atoms with E-state index in [2.05, 4.69) is 28.9 Å². The molecule has 0 aliphatic carbocycles. The van der Waals surface area contributed by atoms with Crippen LogP contribution in [0.25, 0.3) is 11.3 Å². The number of hydrogen-bond donors (Lipinski definition) is 3. The minimum Gasteiger partial charge on any atom is -0.506 e. The molecule has 0 amide bonds. The Balaban J connectivity index is 1.92. The van der Waals surface area contributed by atoms with Crippen LogP contribution in [0.1, 0.15) is 54.1 Å². The number of pyridine rings is 1. The quantitative estimate of drug-likeness (QED) is 0.751. The number of aromatic carboxylic acids is 1. The van der Waals surface area contributed by atoms with Crippen molar-refractivity contribution in [1.29, 1.82) is 0 Å². The number of carbonyl (C=O) groups is 1. The van der Waals surface area contributed by atoms with Crippen molar-refractivity contribution < 1.29 is 15.0 Å². The number of benzene rings is 1. The monoisotopic (exact) mass is 370 g/mol. The Labute approximate surface area is 158 Å². The van der Waals surface area contributed by atoms with Crippen molar-refractivity contribution in [2.45, 2.75) is 39.0 Å². The second kappa shape index (κ2) is 7.96. The first-order chi connectivity index (χ1) is 13.0. The number of H-pyrrole nitrogens is 1. The van der Waals surface area contributed by atoms with Crippen LogP contribution in [0.5, 0.6) is 5.75 Å². The molecule has 6 heteroatoms. The van der Waals surface area contributed by atoms with Gasteiger partial charge in [-0.1, -0.05) is 38.1 Å². The number of nitrogens with one attached hydrogen (secondary N) is 1. The maximum absolute atomic E-state index is 12.1. The van der Waals surface area contributed by atoms with E-state index in [0.29, 0.717) is 23.6 Å². The predicted octanol–water partition coefficient (Wildman–Crippen LogP) is 3.21. The zero-order chi connectivity index (χ0) is 19.6. The zero-order valence-corrected chi connectivity index (χ0v) is 15.8. The van der Waals surface area contributed by atoms with Crippen molar-refractivity contribution in [2.24, 2.45) is 0 Å². The van der Waals surface area contributed by atoms with E-state index >= 15 is 0 Å². The third-order valence-electron chi connectivity index (χ3n) is 5.56. The van der Waals surface area contributed by atoms with Gasteiger partial charge in [-0.25, -0.2) is 4.79 Å². The number of aromatic hydroxyl groups is 1. The summed E-state index contributed by atoms with van der Waals surface area (Å²) in [6, 6.07) is 8.01. The molecule has 0 spiro atoms. The average molecular weight is 370 g/mol. The van der Waals surface area contributed by atoms with Gasteiger partial charge in [-0.05, 0) is 55.9 Å². The van der Waals surface area contributed by atoms with Crippen molar-refractivity contribution in [2.75, 3.05) is 19.6 Å². The highest BCUT2D eigenvalue weighted by atomic mass is 16.4. The first-order valence-electron chi connectivity index (χ1n) is 9.50. The lowest BCUT2D eigenvalue weighted by Crippen LogP contribution is -2.32. The molecule has 27 heavy (non-hydrogen) atoms. The van der Waals surface area contributed by atoms with E-state index in [1.54, 1.807) is 0 Å². The van der Waals surface area contributed by atoms with E-state index < -0.39 is 22.8 Å². The molecule has 0 unspecified atom stereocenters. The Bertz CT molecular complexity index is 878. The van der Waals surface area contributed by atoms with Crippen molar-refractivity contribution in [3.63, 3.8) is 0 Å². The first-order valence-corrected chi connectivity index (χ1v) is 9.50. The van der Waals surface area contributed by atoms with Crippen LogP contribution in [0.2, 0.25) is 0 Å². The molecule has 1 fully saturated rings. The molecule has 3 rings (SSSR count). The highest BCUT2D eigenvalue weighted by Crippen LogP contribution is 2.32. The third-order valence-corrected chi connectivity index (χ3v) is 5.56. The number of nitrogens with zero attached hydrogens (tertiary/aromatic N) is 1. The lowest BCUT2D eigenvalue weighted by Gasteiger charge is -2.31. The fraction of sp³-hybridized carbons (Fsp3) is 0.429. The van der Waals surface area contributed by atoms with Crippen molar-refractivity contribution >= 4 is 5.97 Å². The van der Waals surface area contributed by atoms with Crippen LogP contribution in [0.15, 0.2) is 29.1 Å². The normalized spacial score (nSPS) is 15.8. The fourth-order valence-electron chi connectivity index (χ4n) is 3.92. The van der Waals surface area contributed by atoms with Gasteiger partial charge in [-0.3, -0.25) is 4.79 Å². The number of hydrogen-bond acceptors (Lipinski definition) is 4. The summed E-state index contributed by atoms with van der Waals surface area (Å²) in [6.45, 7) is 7.32. The Morgan fingerprint density at radius 3 is 2.33 bits per heavy atom. The molecule has 0 atom stereocenters. The predicted molar refractivity (Wildman–Crippen MR) is 105 cm³/mol. The summed E-state index contributed by atoms with van der Waals surface area (Å²) in [5.74, 6) is -1.34. The molecular weight excluding hydrogens is 344 g/mol. The van der Waals surface area contributed by atoms with Crippen LogP contribution in [-0.2, 0) is 6.42 Å². The highest BCUT2D eigenvalue weighted by molar-refractivity contribution is 5.91. The molecule has 6 nitrogen and oxygen atoms in total. The first kappa shape index (κ1) is 19.2. The minimum atomic E-state index is -1.43. The van der Waals surface area contributed by atoms with Crippen molar-refractivity contribution in [3.8, 4) is 17.0 Å². The van der Waals surface area contributed by atoms with E-state index in [-0.39, 0.29) is 0 Å². The Kier molecular flexibility index (Phi) is 5.65.